The second-order valence-corrected chi connectivity index (χ2v) is 2.40. The SMILES string of the molecule is O=c1[nH]c(C2C=CC=C2)co1. The molecule has 0 saturated heterocycles. The van der Waals surface area contributed by atoms with Gasteiger partial charge in [-0.2, -0.15) is 0 Å². The molecule has 0 fully saturated rings. The summed E-state index contributed by atoms with van der Waals surface area (Å²) in [6.45, 7) is 0. The third-order valence-corrected chi connectivity index (χ3v) is 1.65. The van der Waals surface area contributed by atoms with Crippen molar-refractivity contribution in [3.05, 3.63) is 46.8 Å². The Labute approximate surface area is 63.0 Å². The molecule has 1 aromatic heterocycles. The monoisotopic (exact) mass is 149 g/mol. The van der Waals surface area contributed by atoms with Crippen LogP contribution in [0.5, 0.6) is 0 Å². The van der Waals surface area contributed by atoms with Crippen molar-refractivity contribution < 1.29 is 4.42 Å². The first-order valence-electron chi connectivity index (χ1n) is 3.39. The summed E-state index contributed by atoms with van der Waals surface area (Å²) < 4.78 is 4.60. The van der Waals surface area contributed by atoms with Gasteiger partial charge in [0.15, 0.2) is 0 Å². The van der Waals surface area contributed by atoms with Crippen molar-refractivity contribution in [1.82, 2.24) is 4.98 Å². The van der Waals surface area contributed by atoms with Crippen molar-refractivity contribution in [2.24, 2.45) is 0 Å². The molecule has 1 aliphatic rings. The first kappa shape index (κ1) is 6.22. The van der Waals surface area contributed by atoms with Crippen LogP contribution in [-0.4, -0.2) is 4.98 Å². The van der Waals surface area contributed by atoms with Gasteiger partial charge >= 0.3 is 5.76 Å². The van der Waals surface area contributed by atoms with Crippen LogP contribution in [0.4, 0.5) is 0 Å². The van der Waals surface area contributed by atoms with E-state index in [0.717, 1.165) is 5.69 Å². The molecule has 1 aromatic rings. The predicted molar refractivity (Wildman–Crippen MR) is 40.3 cm³/mol. The molecule has 0 unspecified atom stereocenters. The third-order valence-electron chi connectivity index (χ3n) is 1.65. The largest absolute Gasteiger partial charge is 0.416 e. The molecule has 0 spiro atoms. The number of hydrogen-bond acceptors (Lipinski definition) is 2. The highest BCUT2D eigenvalue weighted by atomic mass is 16.4. The van der Waals surface area contributed by atoms with E-state index in [1.807, 2.05) is 24.3 Å². The molecule has 0 atom stereocenters. The van der Waals surface area contributed by atoms with Crippen LogP contribution < -0.4 is 5.76 Å². The first-order chi connectivity index (χ1) is 5.36. The number of aromatic amines is 1. The normalized spacial score (nSPS) is 16.4. The predicted octanol–water partition coefficient (Wildman–Crippen LogP) is 1.18. The third kappa shape index (κ3) is 1.05. The molecule has 0 saturated carbocycles. The minimum absolute atomic E-state index is 0.182. The van der Waals surface area contributed by atoms with Gasteiger partial charge in [0.1, 0.15) is 6.26 Å². The van der Waals surface area contributed by atoms with Crippen LogP contribution in [0.25, 0.3) is 0 Å². The molecule has 56 valence electrons. The van der Waals surface area contributed by atoms with E-state index in [0.29, 0.717) is 0 Å². The topological polar surface area (TPSA) is 46.0 Å². The van der Waals surface area contributed by atoms with Crippen molar-refractivity contribution in [3.63, 3.8) is 0 Å². The zero-order chi connectivity index (χ0) is 7.68. The maximum absolute atomic E-state index is 10.6. The Morgan fingerprint density at radius 1 is 1.36 bits per heavy atom. The maximum atomic E-state index is 10.6. The number of aromatic nitrogens is 1. The van der Waals surface area contributed by atoms with E-state index in [9.17, 15) is 4.79 Å². The Morgan fingerprint density at radius 2 is 2.09 bits per heavy atom. The Kier molecular flexibility index (Phi) is 1.28. The Balaban J connectivity index is 2.36. The summed E-state index contributed by atoms with van der Waals surface area (Å²) in [6, 6.07) is 0. The van der Waals surface area contributed by atoms with E-state index in [-0.39, 0.29) is 5.92 Å². The van der Waals surface area contributed by atoms with Crippen molar-refractivity contribution in [3.8, 4) is 0 Å². The highest BCUT2D eigenvalue weighted by molar-refractivity contribution is 5.28. The molecule has 0 bridgehead atoms. The summed E-state index contributed by atoms with van der Waals surface area (Å²) in [6.07, 6.45) is 9.31. The quantitative estimate of drug-likeness (QED) is 0.651. The molecule has 11 heavy (non-hydrogen) atoms. The first-order valence-corrected chi connectivity index (χ1v) is 3.39. The minimum Gasteiger partial charge on any atom is -0.416 e. The fourth-order valence-corrected chi connectivity index (χ4v) is 1.09. The van der Waals surface area contributed by atoms with Gasteiger partial charge in [-0.3, -0.25) is 4.98 Å². The number of nitrogens with one attached hydrogen (secondary N) is 1. The second-order valence-electron chi connectivity index (χ2n) is 2.40. The second kappa shape index (κ2) is 2.27. The highest BCUT2D eigenvalue weighted by Crippen LogP contribution is 2.19. The molecular weight excluding hydrogens is 142 g/mol. The van der Waals surface area contributed by atoms with Gasteiger partial charge in [0.2, 0.25) is 0 Å². The van der Waals surface area contributed by atoms with Crippen molar-refractivity contribution in [1.29, 1.82) is 0 Å². The van der Waals surface area contributed by atoms with E-state index in [1.165, 1.54) is 6.26 Å². The number of rotatable bonds is 1. The van der Waals surface area contributed by atoms with Crippen LogP contribution >= 0.6 is 0 Å². The summed E-state index contributed by atoms with van der Waals surface area (Å²) in [7, 11) is 0. The summed E-state index contributed by atoms with van der Waals surface area (Å²) in [4.78, 5) is 13.2. The van der Waals surface area contributed by atoms with Gasteiger partial charge in [0, 0.05) is 5.92 Å². The molecule has 1 aliphatic carbocycles. The maximum Gasteiger partial charge on any atom is 0.416 e. The molecule has 0 amide bonds. The molecule has 0 aromatic carbocycles. The van der Waals surface area contributed by atoms with E-state index in [4.69, 9.17) is 0 Å². The van der Waals surface area contributed by atoms with Gasteiger partial charge in [-0.1, -0.05) is 24.3 Å². The van der Waals surface area contributed by atoms with Crippen molar-refractivity contribution >= 4 is 0 Å². The van der Waals surface area contributed by atoms with Crippen LogP contribution in [0.3, 0.4) is 0 Å². The zero-order valence-corrected chi connectivity index (χ0v) is 5.78. The summed E-state index contributed by atoms with van der Waals surface area (Å²) >= 11 is 0. The van der Waals surface area contributed by atoms with Crippen molar-refractivity contribution in [2.75, 3.05) is 0 Å². The smallest absolute Gasteiger partial charge is 0.416 e. The zero-order valence-electron chi connectivity index (χ0n) is 5.78. The van der Waals surface area contributed by atoms with Crippen LogP contribution in [0.15, 0.2) is 39.8 Å². The average Bonchev–Trinajstić information content (AvgIpc) is 2.55. The number of H-pyrrole nitrogens is 1. The van der Waals surface area contributed by atoms with E-state index in [1.54, 1.807) is 0 Å². The molecular formula is C8H7NO2. The van der Waals surface area contributed by atoms with Crippen LogP contribution in [0, 0.1) is 0 Å². The lowest BCUT2D eigenvalue weighted by molar-refractivity contribution is 0.514. The molecule has 0 aliphatic heterocycles. The Morgan fingerprint density at radius 3 is 2.64 bits per heavy atom. The number of oxazole rings is 1. The standard InChI is InChI=1S/C8H7NO2/c10-8-9-7(5-11-8)6-3-1-2-4-6/h1-6H,(H,9,10). The molecule has 1 heterocycles. The van der Waals surface area contributed by atoms with Crippen LogP contribution in [-0.2, 0) is 0 Å². The average molecular weight is 149 g/mol. The molecule has 1 N–H and O–H groups in total. The van der Waals surface area contributed by atoms with Crippen LogP contribution in [0.1, 0.15) is 11.6 Å². The van der Waals surface area contributed by atoms with Crippen LogP contribution in [0.2, 0.25) is 0 Å². The molecule has 3 nitrogen and oxygen atoms in total. The Bertz CT molecular complexity index is 344. The lowest BCUT2D eigenvalue weighted by Gasteiger charge is -1.96. The summed E-state index contributed by atoms with van der Waals surface area (Å²) in [5.41, 5.74) is 0.806. The van der Waals surface area contributed by atoms with Gasteiger partial charge < -0.3 is 4.42 Å². The lowest BCUT2D eigenvalue weighted by Crippen LogP contribution is -1.98. The van der Waals surface area contributed by atoms with Crippen molar-refractivity contribution in [2.45, 2.75) is 5.92 Å². The lowest BCUT2D eigenvalue weighted by atomic mass is 10.1. The van der Waals surface area contributed by atoms with Gasteiger partial charge in [0.05, 0.1) is 5.69 Å². The van der Waals surface area contributed by atoms with E-state index < -0.39 is 5.76 Å². The molecule has 2 rings (SSSR count). The number of hydrogen-bond donors (Lipinski definition) is 1. The fourth-order valence-electron chi connectivity index (χ4n) is 1.09. The fraction of sp³-hybridized carbons (Fsp3) is 0.125. The summed E-state index contributed by atoms with van der Waals surface area (Å²) in [5.74, 6) is -0.213. The van der Waals surface area contributed by atoms with E-state index >= 15 is 0 Å². The highest BCUT2D eigenvalue weighted by Gasteiger charge is 2.09. The molecule has 3 heteroatoms. The Hall–Kier alpha value is -1.51. The summed E-state index contributed by atoms with van der Waals surface area (Å²) in [5, 5.41) is 0. The van der Waals surface area contributed by atoms with Gasteiger partial charge in [-0.15, -0.1) is 0 Å². The van der Waals surface area contributed by atoms with Gasteiger partial charge in [0.25, 0.3) is 0 Å². The van der Waals surface area contributed by atoms with Gasteiger partial charge in [-0.05, 0) is 0 Å². The minimum atomic E-state index is -0.395. The molecule has 0 radical (unpaired) electrons. The van der Waals surface area contributed by atoms with E-state index in [2.05, 4.69) is 9.40 Å². The number of allylic oxidation sites excluding steroid dienone is 4. The van der Waals surface area contributed by atoms with Gasteiger partial charge in [-0.25, -0.2) is 4.79 Å².